The highest BCUT2D eigenvalue weighted by Gasteiger charge is 2.52. The molecular formula is C13H21NO3. The molecule has 1 saturated heterocycles. The second-order valence-electron chi connectivity index (χ2n) is 5.33. The Hall–Kier alpha value is -0.900. The lowest BCUT2D eigenvalue weighted by molar-refractivity contribution is -0.146. The van der Waals surface area contributed by atoms with Crippen LogP contribution in [0, 0.1) is 5.41 Å². The van der Waals surface area contributed by atoms with Crippen LogP contribution in [0.3, 0.4) is 0 Å². The minimum absolute atomic E-state index is 0.0249. The van der Waals surface area contributed by atoms with Crippen molar-refractivity contribution in [1.82, 2.24) is 4.90 Å². The Balaban J connectivity index is 2.20. The topological polar surface area (TPSA) is 57.6 Å². The zero-order valence-corrected chi connectivity index (χ0v) is 10.4. The summed E-state index contributed by atoms with van der Waals surface area (Å²) in [5.74, 6) is -0.110. The van der Waals surface area contributed by atoms with Gasteiger partial charge in [-0.25, -0.2) is 0 Å². The van der Waals surface area contributed by atoms with Gasteiger partial charge in [0.2, 0.25) is 11.8 Å². The van der Waals surface area contributed by atoms with Crippen molar-refractivity contribution in [3.05, 3.63) is 0 Å². The molecule has 17 heavy (non-hydrogen) atoms. The number of hydrogen-bond acceptors (Lipinski definition) is 3. The minimum atomic E-state index is -0.419. The summed E-state index contributed by atoms with van der Waals surface area (Å²) < 4.78 is 0. The lowest BCUT2D eigenvalue weighted by Crippen LogP contribution is -2.44. The number of rotatable bonds is 3. The number of aliphatic hydroxyl groups is 1. The molecule has 2 rings (SSSR count). The number of amides is 2. The van der Waals surface area contributed by atoms with Crippen molar-refractivity contribution < 1.29 is 14.7 Å². The van der Waals surface area contributed by atoms with Crippen LogP contribution in [0.1, 0.15) is 51.9 Å². The van der Waals surface area contributed by atoms with E-state index >= 15 is 0 Å². The van der Waals surface area contributed by atoms with Crippen LogP contribution in [0.4, 0.5) is 0 Å². The number of hydrogen-bond donors (Lipinski definition) is 1. The molecule has 1 heterocycles. The van der Waals surface area contributed by atoms with Crippen molar-refractivity contribution in [3.63, 3.8) is 0 Å². The fraction of sp³-hybridized carbons (Fsp3) is 0.846. The number of carbonyl (C=O) groups excluding carboxylic acids is 2. The molecule has 96 valence electrons. The Bertz CT molecular complexity index is 317. The first-order valence-corrected chi connectivity index (χ1v) is 6.62. The van der Waals surface area contributed by atoms with Crippen LogP contribution in [0.15, 0.2) is 0 Å². The van der Waals surface area contributed by atoms with E-state index < -0.39 is 5.41 Å². The molecule has 1 saturated carbocycles. The molecule has 2 amide bonds. The number of aliphatic hydroxyl groups excluding tert-OH is 1. The normalized spacial score (nSPS) is 25.6. The molecule has 0 aromatic carbocycles. The maximum atomic E-state index is 12.4. The van der Waals surface area contributed by atoms with Crippen LogP contribution in [0.5, 0.6) is 0 Å². The molecule has 1 aliphatic heterocycles. The third-order valence-electron chi connectivity index (χ3n) is 4.29. The van der Waals surface area contributed by atoms with E-state index in [1.54, 1.807) is 0 Å². The zero-order chi connectivity index (χ0) is 12.5. The summed E-state index contributed by atoms with van der Waals surface area (Å²) in [4.78, 5) is 25.8. The quantitative estimate of drug-likeness (QED) is 0.759. The van der Waals surface area contributed by atoms with Crippen LogP contribution in [0.2, 0.25) is 0 Å². The van der Waals surface area contributed by atoms with E-state index in [1.165, 1.54) is 11.3 Å². The molecule has 1 aliphatic carbocycles. The lowest BCUT2D eigenvalue weighted by Gasteiger charge is -2.32. The monoisotopic (exact) mass is 239 g/mol. The van der Waals surface area contributed by atoms with Gasteiger partial charge in [-0.3, -0.25) is 14.5 Å². The highest BCUT2D eigenvalue weighted by atomic mass is 16.3. The van der Waals surface area contributed by atoms with Gasteiger partial charge in [-0.15, -0.1) is 0 Å². The molecule has 1 atom stereocenters. The van der Waals surface area contributed by atoms with Crippen molar-refractivity contribution in [1.29, 1.82) is 0 Å². The van der Waals surface area contributed by atoms with Crippen LogP contribution in [-0.4, -0.2) is 34.5 Å². The molecule has 0 aromatic rings. The van der Waals surface area contributed by atoms with Gasteiger partial charge in [0, 0.05) is 6.42 Å². The fourth-order valence-corrected chi connectivity index (χ4v) is 3.20. The summed E-state index contributed by atoms with van der Waals surface area (Å²) in [5.41, 5.74) is -0.419. The van der Waals surface area contributed by atoms with E-state index in [0.717, 1.165) is 25.7 Å². The van der Waals surface area contributed by atoms with Crippen LogP contribution < -0.4 is 0 Å². The number of nitrogens with zero attached hydrogens (tertiary/aromatic N) is 1. The van der Waals surface area contributed by atoms with Gasteiger partial charge in [0.15, 0.2) is 0 Å². The van der Waals surface area contributed by atoms with Crippen molar-refractivity contribution in [2.45, 2.75) is 57.9 Å². The molecule has 1 N–H and O–H groups in total. The molecule has 4 nitrogen and oxygen atoms in total. The Kier molecular flexibility index (Phi) is 3.52. The molecule has 1 spiro atoms. The van der Waals surface area contributed by atoms with Gasteiger partial charge in [-0.1, -0.05) is 26.2 Å². The van der Waals surface area contributed by atoms with Crippen molar-refractivity contribution in [2.24, 2.45) is 5.41 Å². The van der Waals surface area contributed by atoms with Gasteiger partial charge in [-0.2, -0.15) is 0 Å². The smallest absolute Gasteiger partial charge is 0.236 e. The van der Waals surface area contributed by atoms with Gasteiger partial charge < -0.3 is 5.11 Å². The maximum absolute atomic E-state index is 12.4. The van der Waals surface area contributed by atoms with Crippen LogP contribution in [0.25, 0.3) is 0 Å². The average Bonchev–Trinajstić information content (AvgIpc) is 2.56. The summed E-state index contributed by atoms with van der Waals surface area (Å²) in [7, 11) is 0. The van der Waals surface area contributed by atoms with E-state index in [-0.39, 0.29) is 24.5 Å². The second-order valence-corrected chi connectivity index (χ2v) is 5.33. The summed E-state index contributed by atoms with van der Waals surface area (Å²) in [5, 5.41) is 9.26. The number of imide groups is 1. The van der Waals surface area contributed by atoms with Crippen molar-refractivity contribution in [2.75, 3.05) is 6.61 Å². The van der Waals surface area contributed by atoms with Crippen molar-refractivity contribution >= 4 is 11.8 Å². The summed E-state index contributed by atoms with van der Waals surface area (Å²) in [6.45, 7) is 1.78. The molecule has 0 radical (unpaired) electrons. The first kappa shape index (κ1) is 12.6. The molecule has 0 unspecified atom stereocenters. The van der Waals surface area contributed by atoms with Gasteiger partial charge in [0.05, 0.1) is 18.1 Å². The molecule has 4 heteroatoms. The fourth-order valence-electron chi connectivity index (χ4n) is 3.20. The highest BCUT2D eigenvalue weighted by molar-refractivity contribution is 6.06. The molecule has 2 fully saturated rings. The summed E-state index contributed by atoms with van der Waals surface area (Å²) in [6, 6.07) is -0.323. The summed E-state index contributed by atoms with van der Waals surface area (Å²) in [6.07, 6.45) is 5.93. The van der Waals surface area contributed by atoms with Gasteiger partial charge >= 0.3 is 0 Å². The summed E-state index contributed by atoms with van der Waals surface area (Å²) >= 11 is 0. The first-order chi connectivity index (χ1) is 8.14. The van der Waals surface area contributed by atoms with E-state index in [1.807, 2.05) is 6.92 Å². The zero-order valence-electron chi connectivity index (χ0n) is 10.4. The lowest BCUT2D eigenvalue weighted by atomic mass is 9.73. The molecule has 0 aromatic heterocycles. The van der Waals surface area contributed by atoms with Gasteiger partial charge in [0.1, 0.15) is 0 Å². The Morgan fingerprint density at radius 1 is 1.29 bits per heavy atom. The SMILES string of the molecule is CC[C@@H](CO)N1C(=O)CC2(CCCCC2)C1=O. The number of carbonyl (C=O) groups is 2. The number of likely N-dealkylation sites (tertiary alicyclic amines) is 1. The first-order valence-electron chi connectivity index (χ1n) is 6.62. The average molecular weight is 239 g/mol. The largest absolute Gasteiger partial charge is 0.394 e. The third kappa shape index (κ3) is 1.99. The Morgan fingerprint density at radius 3 is 2.47 bits per heavy atom. The predicted octanol–water partition coefficient (Wildman–Crippen LogP) is 1.47. The molecular weight excluding hydrogens is 218 g/mol. The second kappa shape index (κ2) is 4.77. The molecule has 0 bridgehead atoms. The predicted molar refractivity (Wildman–Crippen MR) is 63.2 cm³/mol. The van der Waals surface area contributed by atoms with Gasteiger partial charge in [0.25, 0.3) is 0 Å². The van der Waals surface area contributed by atoms with Crippen LogP contribution >= 0.6 is 0 Å². The highest BCUT2D eigenvalue weighted by Crippen LogP contribution is 2.45. The third-order valence-corrected chi connectivity index (χ3v) is 4.29. The molecule has 2 aliphatic rings. The van der Waals surface area contributed by atoms with Crippen molar-refractivity contribution in [3.8, 4) is 0 Å². The van der Waals surface area contributed by atoms with E-state index in [4.69, 9.17) is 0 Å². The van der Waals surface area contributed by atoms with E-state index in [0.29, 0.717) is 12.8 Å². The van der Waals surface area contributed by atoms with E-state index in [2.05, 4.69) is 0 Å². The minimum Gasteiger partial charge on any atom is -0.394 e. The van der Waals surface area contributed by atoms with E-state index in [9.17, 15) is 14.7 Å². The van der Waals surface area contributed by atoms with Crippen LogP contribution in [-0.2, 0) is 9.59 Å². The Morgan fingerprint density at radius 2 is 1.94 bits per heavy atom. The standard InChI is InChI=1S/C13H21NO3/c1-2-10(9-15)14-11(16)8-13(12(14)17)6-4-3-5-7-13/h10,15H,2-9H2,1H3/t10-/m0/s1. The Labute approximate surface area is 102 Å². The van der Waals surface area contributed by atoms with Gasteiger partial charge in [-0.05, 0) is 19.3 Å². The maximum Gasteiger partial charge on any atom is 0.236 e.